The number of anilines is 2. The summed E-state index contributed by atoms with van der Waals surface area (Å²) in [6.45, 7) is 4.24. The van der Waals surface area contributed by atoms with E-state index in [9.17, 15) is 0 Å². The highest BCUT2D eigenvalue weighted by Gasteiger charge is 2.14. The third kappa shape index (κ3) is 2.51. The molecule has 1 heterocycles. The summed E-state index contributed by atoms with van der Waals surface area (Å²) in [7, 11) is 2.18. The fourth-order valence-corrected chi connectivity index (χ4v) is 3.06. The largest absolute Gasteiger partial charge is 0.385 e. The minimum absolute atomic E-state index is 0.968. The first-order valence-corrected chi connectivity index (χ1v) is 7.37. The van der Waals surface area contributed by atoms with Crippen LogP contribution in [-0.4, -0.2) is 13.6 Å². The van der Waals surface area contributed by atoms with Gasteiger partial charge in [-0.3, -0.25) is 0 Å². The molecule has 3 rings (SSSR count). The number of nitrogens with zero attached hydrogens (tertiary/aromatic N) is 1. The number of nitrogens with one attached hydrogen (secondary N) is 1. The molecule has 0 bridgehead atoms. The van der Waals surface area contributed by atoms with E-state index < -0.39 is 0 Å². The maximum absolute atomic E-state index is 3.51. The van der Waals surface area contributed by atoms with Crippen molar-refractivity contribution in [3.05, 3.63) is 59.2 Å². The summed E-state index contributed by atoms with van der Waals surface area (Å²) in [5, 5.41) is 3.51. The van der Waals surface area contributed by atoms with Gasteiger partial charge in [0.15, 0.2) is 0 Å². The number of fused-ring (bicyclic) bond motifs is 1. The van der Waals surface area contributed by atoms with E-state index in [0.29, 0.717) is 0 Å². The highest BCUT2D eigenvalue weighted by Crippen LogP contribution is 2.27. The van der Waals surface area contributed by atoms with E-state index in [1.54, 1.807) is 0 Å². The van der Waals surface area contributed by atoms with Crippen molar-refractivity contribution in [1.29, 1.82) is 0 Å². The zero-order valence-corrected chi connectivity index (χ0v) is 12.3. The van der Waals surface area contributed by atoms with Crippen LogP contribution in [0.15, 0.2) is 42.5 Å². The van der Waals surface area contributed by atoms with Gasteiger partial charge < -0.3 is 10.2 Å². The lowest BCUT2D eigenvalue weighted by Gasteiger charge is -2.26. The molecule has 20 heavy (non-hydrogen) atoms. The van der Waals surface area contributed by atoms with Crippen LogP contribution in [0.3, 0.4) is 0 Å². The molecule has 1 N–H and O–H groups in total. The van der Waals surface area contributed by atoms with E-state index >= 15 is 0 Å². The van der Waals surface area contributed by atoms with Crippen LogP contribution in [0.2, 0.25) is 0 Å². The van der Waals surface area contributed by atoms with Crippen molar-refractivity contribution in [2.75, 3.05) is 23.8 Å². The van der Waals surface area contributed by atoms with E-state index in [1.165, 1.54) is 40.9 Å². The van der Waals surface area contributed by atoms with Crippen molar-refractivity contribution in [2.45, 2.75) is 26.3 Å². The topological polar surface area (TPSA) is 15.3 Å². The average molecular weight is 266 g/mol. The molecule has 0 spiro atoms. The van der Waals surface area contributed by atoms with Gasteiger partial charge in [-0.2, -0.15) is 0 Å². The quantitative estimate of drug-likeness (QED) is 0.903. The third-order valence-corrected chi connectivity index (χ3v) is 4.13. The molecule has 0 aromatic heterocycles. The lowest BCUT2D eigenvalue weighted by atomic mass is 9.97. The highest BCUT2D eigenvalue weighted by molar-refractivity contribution is 5.58. The Morgan fingerprint density at radius 3 is 2.80 bits per heavy atom. The van der Waals surface area contributed by atoms with Gasteiger partial charge >= 0.3 is 0 Å². The Balaban J connectivity index is 1.86. The van der Waals surface area contributed by atoms with Gasteiger partial charge in [-0.05, 0) is 48.6 Å². The second kappa shape index (κ2) is 5.58. The zero-order valence-electron chi connectivity index (χ0n) is 12.3. The summed E-state index contributed by atoms with van der Waals surface area (Å²) in [4.78, 5) is 2.35. The maximum Gasteiger partial charge on any atom is 0.0429 e. The molecule has 2 nitrogen and oxygen atoms in total. The highest BCUT2D eigenvalue weighted by atomic mass is 15.1. The van der Waals surface area contributed by atoms with Crippen LogP contribution in [0, 0.1) is 6.92 Å². The number of hydrogen-bond acceptors (Lipinski definition) is 2. The molecule has 0 saturated carbocycles. The Kier molecular flexibility index (Phi) is 3.64. The van der Waals surface area contributed by atoms with Crippen molar-refractivity contribution < 1.29 is 0 Å². The molecule has 2 aromatic carbocycles. The van der Waals surface area contributed by atoms with E-state index in [2.05, 4.69) is 66.7 Å². The van der Waals surface area contributed by atoms with Crippen molar-refractivity contribution in [2.24, 2.45) is 0 Å². The summed E-state index contributed by atoms with van der Waals surface area (Å²) in [6.07, 6.45) is 2.43. The maximum atomic E-state index is 3.51. The zero-order chi connectivity index (χ0) is 13.9. The predicted molar refractivity (Wildman–Crippen MR) is 86.5 cm³/mol. The van der Waals surface area contributed by atoms with Crippen molar-refractivity contribution in [1.82, 2.24) is 0 Å². The second-order valence-electron chi connectivity index (χ2n) is 5.62. The molecule has 0 atom stereocenters. The first-order chi connectivity index (χ1) is 9.75. The van der Waals surface area contributed by atoms with Crippen LogP contribution in [0.5, 0.6) is 0 Å². The van der Waals surface area contributed by atoms with Gasteiger partial charge in [-0.15, -0.1) is 0 Å². The molecular formula is C18H22N2. The average Bonchev–Trinajstić information content (AvgIpc) is 2.48. The molecule has 1 aliphatic rings. The van der Waals surface area contributed by atoms with Crippen molar-refractivity contribution in [3.63, 3.8) is 0 Å². The minimum Gasteiger partial charge on any atom is -0.385 e. The molecule has 0 unspecified atom stereocenters. The summed E-state index contributed by atoms with van der Waals surface area (Å²) in [5.41, 5.74) is 6.92. The predicted octanol–water partition coefficient (Wildman–Crippen LogP) is 3.99. The van der Waals surface area contributed by atoms with Gasteiger partial charge in [0.1, 0.15) is 0 Å². The van der Waals surface area contributed by atoms with Gasteiger partial charge in [0.25, 0.3) is 0 Å². The second-order valence-corrected chi connectivity index (χ2v) is 5.62. The summed E-state index contributed by atoms with van der Waals surface area (Å²) >= 11 is 0. The van der Waals surface area contributed by atoms with Gasteiger partial charge in [-0.1, -0.05) is 30.3 Å². The fourth-order valence-electron chi connectivity index (χ4n) is 3.06. The summed E-state index contributed by atoms with van der Waals surface area (Å²) in [5.74, 6) is 0. The van der Waals surface area contributed by atoms with Gasteiger partial charge in [0, 0.05) is 31.5 Å². The smallest absolute Gasteiger partial charge is 0.0429 e. The number of hydrogen-bond donors (Lipinski definition) is 1. The SMILES string of the molecule is Cc1ccccc1N(C)Cc1cccc2c1CCCN2. The molecule has 1 aliphatic heterocycles. The fraction of sp³-hybridized carbons (Fsp3) is 0.333. The lowest BCUT2D eigenvalue weighted by molar-refractivity contribution is 0.804. The molecule has 0 radical (unpaired) electrons. The normalized spacial score (nSPS) is 13.5. The first-order valence-electron chi connectivity index (χ1n) is 7.37. The Labute approximate surface area is 121 Å². The Hall–Kier alpha value is -1.96. The number of para-hydroxylation sites is 1. The minimum atomic E-state index is 0.968. The number of rotatable bonds is 3. The van der Waals surface area contributed by atoms with E-state index in [0.717, 1.165) is 13.1 Å². The molecule has 2 heteroatoms. The lowest BCUT2D eigenvalue weighted by Crippen LogP contribution is -2.20. The Morgan fingerprint density at radius 1 is 1.10 bits per heavy atom. The van der Waals surface area contributed by atoms with Crippen molar-refractivity contribution in [3.8, 4) is 0 Å². The molecule has 0 saturated heterocycles. The van der Waals surface area contributed by atoms with Crippen LogP contribution in [0.1, 0.15) is 23.1 Å². The summed E-state index contributed by atoms with van der Waals surface area (Å²) < 4.78 is 0. The van der Waals surface area contributed by atoms with Crippen LogP contribution >= 0.6 is 0 Å². The molecular weight excluding hydrogens is 244 g/mol. The summed E-state index contributed by atoms with van der Waals surface area (Å²) in [6, 6.07) is 15.2. The van der Waals surface area contributed by atoms with Crippen molar-refractivity contribution >= 4 is 11.4 Å². The van der Waals surface area contributed by atoms with Gasteiger partial charge in [-0.25, -0.2) is 0 Å². The molecule has 0 fully saturated rings. The van der Waals surface area contributed by atoms with Crippen LogP contribution in [0.25, 0.3) is 0 Å². The molecule has 2 aromatic rings. The number of benzene rings is 2. The van der Waals surface area contributed by atoms with E-state index in [1.807, 2.05) is 0 Å². The standard InChI is InChI=1S/C18H22N2/c1-14-7-3-4-11-18(14)20(2)13-15-8-5-10-17-16(15)9-6-12-19-17/h3-5,7-8,10-11,19H,6,9,12-13H2,1-2H3. The molecule has 0 amide bonds. The number of aryl methyl sites for hydroxylation is 1. The molecule has 0 aliphatic carbocycles. The third-order valence-electron chi connectivity index (χ3n) is 4.13. The van der Waals surface area contributed by atoms with E-state index in [4.69, 9.17) is 0 Å². The van der Waals surface area contributed by atoms with Gasteiger partial charge in [0.05, 0.1) is 0 Å². The van der Waals surface area contributed by atoms with Crippen LogP contribution < -0.4 is 10.2 Å². The monoisotopic (exact) mass is 266 g/mol. The van der Waals surface area contributed by atoms with Crippen LogP contribution in [0.4, 0.5) is 11.4 Å². The Bertz CT molecular complexity index is 604. The Morgan fingerprint density at radius 2 is 1.95 bits per heavy atom. The van der Waals surface area contributed by atoms with E-state index in [-0.39, 0.29) is 0 Å². The van der Waals surface area contributed by atoms with Crippen LogP contribution in [-0.2, 0) is 13.0 Å². The first kappa shape index (κ1) is 13.0. The molecule has 104 valence electrons. The van der Waals surface area contributed by atoms with Gasteiger partial charge in [0.2, 0.25) is 0 Å².